The van der Waals surface area contributed by atoms with Crippen molar-refractivity contribution in [3.63, 3.8) is 0 Å². The molecule has 0 N–H and O–H groups in total. The van der Waals surface area contributed by atoms with Gasteiger partial charge < -0.3 is 4.90 Å². The van der Waals surface area contributed by atoms with Crippen molar-refractivity contribution in [2.45, 2.75) is 30.1 Å². The minimum absolute atomic E-state index is 0.462. The molecule has 0 saturated carbocycles. The van der Waals surface area contributed by atoms with Crippen molar-refractivity contribution in [1.82, 2.24) is 0 Å². The highest BCUT2D eigenvalue weighted by molar-refractivity contribution is 5.93. The van der Waals surface area contributed by atoms with Crippen LogP contribution in [0.2, 0.25) is 0 Å². The van der Waals surface area contributed by atoms with Crippen molar-refractivity contribution >= 4 is 17.1 Å². The van der Waals surface area contributed by atoms with Gasteiger partial charge in [-0.25, -0.2) is 0 Å². The lowest BCUT2D eigenvalue weighted by molar-refractivity contribution is 0.720. The maximum Gasteiger partial charge on any atom is 0.0719 e. The Labute approximate surface area is 386 Å². The Morgan fingerprint density at radius 3 is 1.24 bits per heavy atom. The lowest BCUT2D eigenvalue weighted by Crippen LogP contribution is -2.35. The van der Waals surface area contributed by atoms with Gasteiger partial charge in [-0.05, 0) is 154 Å². The zero-order chi connectivity index (χ0) is 43.1. The fourth-order valence-corrected chi connectivity index (χ4v) is 13.6. The third-order valence-electron chi connectivity index (χ3n) is 16.1. The summed E-state index contributed by atoms with van der Waals surface area (Å²) in [4.78, 5) is 2.62. The molecule has 0 unspecified atom stereocenters. The molecule has 0 aliphatic heterocycles. The van der Waals surface area contributed by atoms with Gasteiger partial charge in [0.2, 0.25) is 0 Å². The van der Waals surface area contributed by atoms with Crippen molar-refractivity contribution < 1.29 is 0 Å². The number of nitrogens with zero attached hydrogens (tertiary/aromatic N) is 1. The van der Waals surface area contributed by atoms with Gasteiger partial charge in [0.15, 0.2) is 0 Å². The van der Waals surface area contributed by atoms with Gasteiger partial charge in [-0.3, -0.25) is 0 Å². The predicted octanol–water partition coefficient (Wildman–Crippen LogP) is 15.3. The van der Waals surface area contributed by atoms with Crippen LogP contribution in [-0.2, 0) is 30.1 Å². The van der Waals surface area contributed by atoms with Crippen LogP contribution in [0.15, 0.2) is 224 Å². The normalized spacial score (nSPS) is 15.0. The van der Waals surface area contributed by atoms with Crippen LogP contribution in [0.1, 0.15) is 77.9 Å². The van der Waals surface area contributed by atoms with Crippen LogP contribution < -0.4 is 4.90 Å². The summed E-state index contributed by atoms with van der Waals surface area (Å²) in [6, 6.07) is 86.1. The zero-order valence-corrected chi connectivity index (χ0v) is 36.4. The number of benzene rings is 10. The van der Waals surface area contributed by atoms with E-state index in [1.54, 1.807) is 0 Å². The molecule has 0 aromatic heterocycles. The summed E-state index contributed by atoms with van der Waals surface area (Å²) in [7, 11) is 0. The van der Waals surface area contributed by atoms with E-state index in [1.807, 2.05) is 0 Å². The smallest absolute Gasteiger partial charge is 0.0719 e. The molecular weight excluding hydrogens is 795 g/mol. The van der Waals surface area contributed by atoms with Gasteiger partial charge in [-0.2, -0.15) is 0 Å². The number of fused-ring (bicyclic) bond motifs is 21. The number of hydrogen-bond donors (Lipinski definition) is 0. The van der Waals surface area contributed by atoms with Crippen molar-refractivity contribution in [3.8, 4) is 33.4 Å². The molecule has 1 heteroatoms. The van der Waals surface area contributed by atoms with Crippen molar-refractivity contribution in [2.75, 3.05) is 4.90 Å². The van der Waals surface area contributed by atoms with Crippen LogP contribution in [0.5, 0.6) is 0 Å². The lowest BCUT2D eigenvalue weighted by atomic mass is 9.61. The van der Waals surface area contributed by atoms with Crippen molar-refractivity contribution in [2.24, 2.45) is 0 Å². The van der Waals surface area contributed by atoms with Gasteiger partial charge in [0.1, 0.15) is 0 Å². The van der Waals surface area contributed by atoms with E-state index < -0.39 is 10.8 Å². The summed E-state index contributed by atoms with van der Waals surface area (Å²) in [5.74, 6) is 0. The summed E-state index contributed by atoms with van der Waals surface area (Å²) in [5, 5.41) is 0. The Morgan fingerprint density at radius 2 is 0.652 bits per heavy atom. The van der Waals surface area contributed by atoms with E-state index in [4.69, 9.17) is 0 Å². The van der Waals surface area contributed by atoms with Gasteiger partial charge in [-0.1, -0.05) is 194 Å². The van der Waals surface area contributed by atoms with E-state index in [1.165, 1.54) is 128 Å². The highest BCUT2D eigenvalue weighted by Gasteiger charge is 2.52. The zero-order valence-electron chi connectivity index (χ0n) is 36.4. The minimum Gasteiger partial charge on any atom is -0.310 e. The largest absolute Gasteiger partial charge is 0.310 e. The Morgan fingerprint density at radius 1 is 0.258 bits per heavy atom. The number of hydrogen-bond acceptors (Lipinski definition) is 1. The molecule has 0 heterocycles. The summed E-state index contributed by atoms with van der Waals surface area (Å²) >= 11 is 0. The van der Waals surface area contributed by atoms with E-state index in [2.05, 4.69) is 229 Å². The fourth-order valence-electron chi connectivity index (χ4n) is 13.6. The molecule has 0 bridgehead atoms. The molecule has 10 aromatic carbocycles. The van der Waals surface area contributed by atoms with E-state index in [9.17, 15) is 0 Å². The molecule has 1 nitrogen and oxygen atoms in total. The Bertz CT molecular complexity index is 3630. The van der Waals surface area contributed by atoms with Gasteiger partial charge >= 0.3 is 0 Å². The first-order valence-corrected chi connectivity index (χ1v) is 23.6. The molecule has 66 heavy (non-hydrogen) atoms. The topological polar surface area (TPSA) is 3.24 Å². The average Bonchev–Trinajstić information content (AvgIpc) is 4.00. The van der Waals surface area contributed by atoms with Crippen LogP contribution in [0.25, 0.3) is 33.4 Å². The summed E-state index contributed by atoms with van der Waals surface area (Å²) in [5.41, 5.74) is 30.0. The quantitative estimate of drug-likeness (QED) is 0.171. The van der Waals surface area contributed by atoms with Crippen LogP contribution >= 0.6 is 0 Å². The Balaban J connectivity index is 1.03. The third kappa shape index (κ3) is 4.55. The highest BCUT2D eigenvalue weighted by atomic mass is 15.1. The van der Waals surface area contributed by atoms with Crippen molar-refractivity contribution in [3.05, 3.63) is 302 Å². The maximum atomic E-state index is 2.62. The lowest BCUT2D eigenvalue weighted by Gasteiger charge is -2.43. The second-order valence-electron chi connectivity index (χ2n) is 19.0. The first-order valence-electron chi connectivity index (χ1n) is 23.6. The van der Waals surface area contributed by atoms with Gasteiger partial charge in [0, 0.05) is 23.5 Å². The third-order valence-corrected chi connectivity index (χ3v) is 16.1. The van der Waals surface area contributed by atoms with Gasteiger partial charge in [0.05, 0.1) is 10.8 Å². The SMILES string of the molecule is c1ccc2c(c1)Cc1ccc(N(c3ccc4c(c3)C3(c5ccccc5C4)c4ccccc4-c4ccccc43)c3cccc4c3Cc3ccccc3C43c4ccccc4-c4ccccc43)cc1-2. The van der Waals surface area contributed by atoms with Gasteiger partial charge in [0.25, 0.3) is 0 Å². The second-order valence-corrected chi connectivity index (χ2v) is 19.0. The molecular formula is C65H43N. The molecule has 15 rings (SSSR count). The number of anilines is 3. The molecule has 0 radical (unpaired) electrons. The Hall–Kier alpha value is -8.00. The summed E-state index contributed by atoms with van der Waals surface area (Å²) < 4.78 is 0. The minimum atomic E-state index is -0.466. The highest BCUT2D eigenvalue weighted by Crippen LogP contribution is 2.62. The molecule has 2 spiro atoms. The standard InChI is InChI=1S/C65H43N/c1-4-19-48-41(16-1)36-42-32-34-46(39-53(42)48)66(47-35-33-45-37-43-17-2-9-24-55(43)65(62(45)40-47)59-28-13-7-22-51(59)52-23-8-14-29-60(52)65)63-31-15-30-61-54(63)38-44-18-3-10-25-56(44)64(61)57-26-11-5-20-49(57)50-21-6-12-27-58(50)64/h1-35,39-40H,36-38H2. The molecule has 0 fully saturated rings. The second kappa shape index (κ2) is 13.3. The van der Waals surface area contributed by atoms with Crippen LogP contribution in [0.4, 0.5) is 17.1 Å². The molecule has 0 atom stereocenters. The first kappa shape index (κ1) is 36.4. The van der Waals surface area contributed by atoms with E-state index in [-0.39, 0.29) is 0 Å². The van der Waals surface area contributed by atoms with Gasteiger partial charge in [-0.15, -0.1) is 0 Å². The van der Waals surface area contributed by atoms with Crippen LogP contribution in [-0.4, -0.2) is 0 Å². The molecule has 308 valence electrons. The molecule has 0 saturated heterocycles. The monoisotopic (exact) mass is 837 g/mol. The van der Waals surface area contributed by atoms with E-state index >= 15 is 0 Å². The Kier molecular flexibility index (Phi) is 7.32. The molecule has 5 aliphatic carbocycles. The first-order chi connectivity index (χ1) is 32.7. The average molecular weight is 838 g/mol. The molecule has 0 amide bonds. The van der Waals surface area contributed by atoms with E-state index in [0.29, 0.717) is 0 Å². The maximum absolute atomic E-state index is 2.62. The summed E-state index contributed by atoms with van der Waals surface area (Å²) in [6.45, 7) is 0. The van der Waals surface area contributed by atoms with Crippen LogP contribution in [0, 0.1) is 0 Å². The molecule has 5 aliphatic rings. The van der Waals surface area contributed by atoms with Crippen LogP contribution in [0.3, 0.4) is 0 Å². The fraction of sp³-hybridized carbons (Fsp3) is 0.0769. The predicted molar refractivity (Wildman–Crippen MR) is 270 cm³/mol. The van der Waals surface area contributed by atoms with Crippen molar-refractivity contribution in [1.29, 1.82) is 0 Å². The van der Waals surface area contributed by atoms with E-state index in [0.717, 1.165) is 19.3 Å². The number of rotatable bonds is 3. The summed E-state index contributed by atoms with van der Waals surface area (Å²) in [6.07, 6.45) is 2.69. The molecule has 10 aromatic rings.